The molecule has 2 aromatic heterocycles. The van der Waals surface area contributed by atoms with Gasteiger partial charge in [-0.25, -0.2) is 0 Å². The number of carbonyl (C=O) groups is 2. The molecule has 1 N–H and O–H groups in total. The second-order valence-electron chi connectivity index (χ2n) is 12.7. The van der Waals surface area contributed by atoms with Gasteiger partial charge in [0.1, 0.15) is 5.92 Å². The first kappa shape index (κ1) is 34.1. The number of allylic oxidation sites excluding steroid dienone is 3. The zero-order valence-corrected chi connectivity index (χ0v) is 29.5. The number of aliphatic hydroxyl groups is 1. The fraction of sp³-hybridized carbons (Fsp3) is 0.500. The molecular weight excluding hydrogens is 593 g/mol. The molecule has 240 valence electrons. The molecule has 10 heteroatoms. The largest absolute Gasteiger partial charge is 2.00 e. The van der Waals surface area contributed by atoms with Crippen molar-refractivity contribution in [3.8, 4) is 0 Å². The second-order valence-corrected chi connectivity index (χ2v) is 12.7. The third kappa shape index (κ3) is 5.36. The molecule has 6 atom stereocenters. The molecule has 1 saturated heterocycles. The van der Waals surface area contributed by atoms with E-state index in [-0.39, 0.29) is 53.2 Å². The quantitative estimate of drug-likeness (QED) is 0.374. The normalized spacial score (nSPS) is 29.1. The van der Waals surface area contributed by atoms with E-state index in [4.69, 9.17) is 30.1 Å². The van der Waals surface area contributed by atoms with Gasteiger partial charge < -0.3 is 35.2 Å². The molecule has 2 aromatic rings. The van der Waals surface area contributed by atoms with Crippen molar-refractivity contribution in [3.05, 3.63) is 83.7 Å². The van der Waals surface area contributed by atoms with E-state index in [0.29, 0.717) is 28.3 Å². The van der Waals surface area contributed by atoms with Crippen LogP contribution >= 0.6 is 0 Å². The van der Waals surface area contributed by atoms with Crippen LogP contribution in [-0.2, 0) is 25.5 Å². The summed E-state index contributed by atoms with van der Waals surface area (Å²) in [5.41, 5.74) is 10.0. The van der Waals surface area contributed by atoms with E-state index in [1.54, 1.807) is 0 Å². The average Bonchev–Trinajstić information content (AvgIpc) is 3.76. The maximum Gasteiger partial charge on any atom is 2.00 e. The summed E-state index contributed by atoms with van der Waals surface area (Å²) in [5, 5.41) is 23.4. The van der Waals surface area contributed by atoms with Gasteiger partial charge in [-0.2, -0.15) is 11.4 Å². The van der Waals surface area contributed by atoms with E-state index in [1.807, 2.05) is 13.0 Å². The van der Waals surface area contributed by atoms with E-state index in [9.17, 15) is 14.7 Å². The smallest absolute Gasteiger partial charge is 0.681 e. The van der Waals surface area contributed by atoms with Crippen LogP contribution in [0.4, 0.5) is 0 Å². The van der Waals surface area contributed by atoms with Gasteiger partial charge in [-0.3, -0.25) is 9.59 Å². The van der Waals surface area contributed by atoms with Gasteiger partial charge in [0, 0.05) is 6.42 Å². The Balaban J connectivity index is 0.00000417. The van der Waals surface area contributed by atoms with Crippen LogP contribution in [0.2, 0.25) is 0 Å². The van der Waals surface area contributed by atoms with Crippen molar-refractivity contribution in [3.63, 3.8) is 0 Å². The standard InChI is InChI=1S/C36H42N4O5.Mg/c1-9-20-16(3)23-13-25-18(5)22(11-12-29(41)44-7)33(39-25)31-32(36(43)45-8)35(42)30-19(6)26(40-34(30)31)15-28-21(10-2)17(4)24(38-28)14-27(20)37-23;/h13-15,18,20,22,32-33,35,42H,9-12H2,1-8H3;/q-4;+2/b25-13-,26-15-,27-14-;/t18-,20-,22-,32+,33?,35+;/m0./s1. The summed E-state index contributed by atoms with van der Waals surface area (Å²) >= 11 is 0. The van der Waals surface area contributed by atoms with Gasteiger partial charge in [0.25, 0.3) is 0 Å². The number of esters is 2. The Bertz CT molecular complexity index is 1790. The van der Waals surface area contributed by atoms with Crippen LogP contribution in [0.25, 0.3) is 28.4 Å². The van der Waals surface area contributed by atoms with Crippen molar-refractivity contribution >= 4 is 52.7 Å². The number of aromatic nitrogens is 2. The summed E-state index contributed by atoms with van der Waals surface area (Å²) in [6, 6.07) is -0.498. The minimum absolute atomic E-state index is 0. The maximum atomic E-state index is 13.3. The number of ether oxygens (including phenoxy) is 2. The molecule has 0 amide bonds. The average molecular weight is 635 g/mol. The van der Waals surface area contributed by atoms with E-state index in [2.05, 4.69) is 46.8 Å². The van der Waals surface area contributed by atoms with Gasteiger partial charge in [-0.1, -0.05) is 72.9 Å². The third-order valence-corrected chi connectivity index (χ3v) is 10.5. The van der Waals surface area contributed by atoms with E-state index >= 15 is 0 Å². The van der Waals surface area contributed by atoms with Crippen LogP contribution in [0, 0.1) is 37.5 Å². The van der Waals surface area contributed by atoms with Gasteiger partial charge >= 0.3 is 35.0 Å². The summed E-state index contributed by atoms with van der Waals surface area (Å²) < 4.78 is 10.2. The number of aliphatic hydroxyl groups excluding tert-OH is 1. The number of rotatable bonds is 6. The SMILES string of the molecule is CCc1c2[n-]c(c1C)/C=C1\[N-]C(=C(C)[C@@H]1CC)/C=C1\[N-]C(C3=c4[n-]/c(c(C)c4[C@@H](O)[C@@H]3C(=O)OC)=C\2)[C@@H](CCC(=O)OC)[C@@H]1C.[Mg+2]. The zero-order chi connectivity index (χ0) is 32.3. The maximum absolute atomic E-state index is 13.3. The zero-order valence-electron chi connectivity index (χ0n) is 28.1. The Morgan fingerprint density at radius 1 is 0.957 bits per heavy atom. The number of hydrogen-bond donors (Lipinski definition) is 1. The van der Waals surface area contributed by atoms with Gasteiger partial charge in [0.15, 0.2) is 0 Å². The molecule has 9 nitrogen and oxygen atoms in total. The molecule has 8 bridgehead atoms. The topological polar surface area (TPSA) is 129 Å². The second kappa shape index (κ2) is 13.1. The molecule has 6 rings (SSSR count). The molecule has 5 heterocycles. The fourth-order valence-electron chi connectivity index (χ4n) is 7.87. The van der Waals surface area contributed by atoms with Crippen molar-refractivity contribution in [2.75, 3.05) is 14.2 Å². The third-order valence-electron chi connectivity index (χ3n) is 10.5. The van der Waals surface area contributed by atoms with Crippen molar-refractivity contribution in [1.29, 1.82) is 0 Å². The summed E-state index contributed by atoms with van der Waals surface area (Å²) in [7, 11) is 2.72. The van der Waals surface area contributed by atoms with Crippen LogP contribution < -0.4 is 20.7 Å². The molecule has 4 aliphatic rings. The minimum atomic E-state index is -1.13. The molecule has 0 aromatic carbocycles. The monoisotopic (exact) mass is 634 g/mol. The molecule has 3 aliphatic heterocycles. The van der Waals surface area contributed by atoms with Gasteiger partial charge in [-0.15, -0.1) is 27.8 Å². The molecule has 1 aliphatic carbocycles. The van der Waals surface area contributed by atoms with Crippen molar-refractivity contribution in [1.82, 2.24) is 9.97 Å². The number of fused-ring (bicyclic) bond motifs is 8. The first-order valence-corrected chi connectivity index (χ1v) is 16.0. The summed E-state index contributed by atoms with van der Waals surface area (Å²) in [5.74, 6) is -1.81. The van der Waals surface area contributed by atoms with Crippen LogP contribution in [0.5, 0.6) is 0 Å². The summed E-state index contributed by atoms with van der Waals surface area (Å²) in [6.45, 7) is 12.6. The van der Waals surface area contributed by atoms with Gasteiger partial charge in [0.05, 0.1) is 20.3 Å². The van der Waals surface area contributed by atoms with Crippen molar-refractivity contribution in [2.24, 2.45) is 23.7 Å². The predicted octanol–water partition coefficient (Wildman–Crippen LogP) is 4.10. The fourth-order valence-corrected chi connectivity index (χ4v) is 7.87. The summed E-state index contributed by atoms with van der Waals surface area (Å²) in [4.78, 5) is 35.8. The van der Waals surface area contributed by atoms with Crippen LogP contribution in [0.1, 0.15) is 86.7 Å². The molecule has 1 fully saturated rings. The molecule has 0 radical (unpaired) electrons. The predicted molar refractivity (Wildman–Crippen MR) is 178 cm³/mol. The first-order chi connectivity index (χ1) is 21.5. The Labute approximate surface area is 286 Å². The number of nitrogens with zero attached hydrogens (tertiary/aromatic N) is 4. The summed E-state index contributed by atoms with van der Waals surface area (Å²) in [6.07, 6.45) is 7.48. The molecule has 0 spiro atoms. The number of hydrogen-bond acceptors (Lipinski definition) is 5. The van der Waals surface area contributed by atoms with Crippen LogP contribution in [-0.4, -0.2) is 60.4 Å². The van der Waals surface area contributed by atoms with E-state index in [0.717, 1.165) is 58.0 Å². The van der Waals surface area contributed by atoms with Gasteiger partial charge in [-0.05, 0) is 63.4 Å². The first-order valence-electron chi connectivity index (χ1n) is 16.0. The number of methoxy groups -OCH3 is 2. The number of carbonyl (C=O) groups excluding carboxylic acids is 2. The van der Waals surface area contributed by atoms with Crippen LogP contribution in [0.3, 0.4) is 0 Å². The van der Waals surface area contributed by atoms with E-state index in [1.165, 1.54) is 19.8 Å². The van der Waals surface area contributed by atoms with Crippen molar-refractivity contribution < 1.29 is 24.2 Å². The Morgan fingerprint density at radius 3 is 2.35 bits per heavy atom. The Hall–Kier alpha value is -3.21. The molecule has 46 heavy (non-hydrogen) atoms. The van der Waals surface area contributed by atoms with E-state index < -0.39 is 24.0 Å². The van der Waals surface area contributed by atoms with Gasteiger partial charge in [0.2, 0.25) is 0 Å². The Morgan fingerprint density at radius 2 is 1.70 bits per heavy atom. The van der Waals surface area contributed by atoms with Crippen molar-refractivity contribution in [2.45, 2.75) is 79.4 Å². The molecular formula is C36H42MgN4O5-2. The molecule has 1 unspecified atom stereocenters. The van der Waals surface area contributed by atoms with Crippen LogP contribution in [0.15, 0.2) is 28.7 Å². The minimum Gasteiger partial charge on any atom is -0.681 e. The molecule has 0 saturated carbocycles. The Kier molecular flexibility index (Phi) is 9.74.